The minimum atomic E-state index is -0.0705. The molecule has 8 aromatic carbocycles. The number of nitrogens with zero attached hydrogens (tertiary/aromatic N) is 2. The van der Waals surface area contributed by atoms with Crippen LogP contribution < -0.4 is 9.80 Å². The molecule has 57 heavy (non-hydrogen) atoms. The Balaban J connectivity index is 0.986. The number of benzene rings is 8. The van der Waals surface area contributed by atoms with Gasteiger partial charge in [-0.15, -0.1) is 0 Å². The highest BCUT2D eigenvalue weighted by atomic mass is 15.1. The Kier molecular flexibility index (Phi) is 8.27. The number of rotatable bonds is 8. The fraction of sp³-hybridized carbons (Fsp3) is 0.127. The van der Waals surface area contributed by atoms with E-state index >= 15 is 0 Å². The number of hydrogen-bond donors (Lipinski definition) is 0. The Morgan fingerprint density at radius 1 is 0.333 bits per heavy atom. The number of hydrogen-bond acceptors (Lipinski definition) is 2. The van der Waals surface area contributed by atoms with Gasteiger partial charge in [-0.1, -0.05) is 149 Å². The van der Waals surface area contributed by atoms with Crippen molar-refractivity contribution in [1.82, 2.24) is 0 Å². The summed E-state index contributed by atoms with van der Waals surface area (Å²) in [7, 11) is 0. The summed E-state index contributed by atoms with van der Waals surface area (Å²) < 4.78 is 0. The Morgan fingerprint density at radius 2 is 0.702 bits per heavy atom. The predicted molar refractivity (Wildman–Crippen MR) is 241 cm³/mol. The number of fused-ring (bicyclic) bond motifs is 6. The first-order valence-corrected chi connectivity index (χ1v) is 20.2. The second-order valence-corrected chi connectivity index (χ2v) is 16.3. The third-order valence-corrected chi connectivity index (χ3v) is 12.8. The zero-order valence-electron chi connectivity index (χ0n) is 33.1. The minimum Gasteiger partial charge on any atom is -0.310 e. The van der Waals surface area contributed by atoms with E-state index in [1.54, 1.807) is 0 Å². The van der Waals surface area contributed by atoms with Crippen LogP contribution in [0.3, 0.4) is 0 Å². The fourth-order valence-electron chi connectivity index (χ4n) is 9.57. The smallest absolute Gasteiger partial charge is 0.0465 e. The van der Waals surface area contributed by atoms with Gasteiger partial charge < -0.3 is 9.80 Å². The summed E-state index contributed by atoms with van der Waals surface area (Å²) in [6, 6.07) is 71.3. The molecule has 0 heterocycles. The molecule has 8 aromatic rings. The van der Waals surface area contributed by atoms with Crippen LogP contribution in [0.25, 0.3) is 33.4 Å². The van der Waals surface area contributed by atoms with Crippen molar-refractivity contribution in [2.45, 2.75) is 44.9 Å². The maximum Gasteiger partial charge on any atom is 0.0465 e. The van der Waals surface area contributed by atoms with Gasteiger partial charge in [0.15, 0.2) is 0 Å². The van der Waals surface area contributed by atoms with Crippen LogP contribution in [0.5, 0.6) is 0 Å². The van der Waals surface area contributed by atoms with Crippen LogP contribution in [0.1, 0.15) is 56.4 Å². The van der Waals surface area contributed by atoms with Gasteiger partial charge in [0.1, 0.15) is 0 Å². The van der Waals surface area contributed by atoms with Crippen LogP contribution in [0.2, 0.25) is 0 Å². The van der Waals surface area contributed by atoms with Gasteiger partial charge in [0.2, 0.25) is 0 Å². The molecule has 0 spiro atoms. The maximum absolute atomic E-state index is 2.43. The van der Waals surface area contributed by atoms with Gasteiger partial charge in [0, 0.05) is 45.0 Å². The standard InChI is InChI=1S/C55H46N2/c1-5-55(4)51-23-15-13-21-47(51)49-35-33-45(37-53(49)55)57(41-18-10-7-11-19-41)43-30-26-39(27-31-43)38-24-28-42(29-25-38)56(40-16-8-6-9-17-40)44-32-34-48-46-20-12-14-22-50(46)54(2,3)52(48)36-44/h6-37H,5H2,1-4H3. The molecule has 2 aliphatic carbocycles. The lowest BCUT2D eigenvalue weighted by Gasteiger charge is -2.29. The summed E-state index contributed by atoms with van der Waals surface area (Å²) >= 11 is 0. The molecule has 1 atom stereocenters. The van der Waals surface area contributed by atoms with Crippen molar-refractivity contribution < 1.29 is 0 Å². The first-order chi connectivity index (χ1) is 27.8. The van der Waals surface area contributed by atoms with E-state index in [9.17, 15) is 0 Å². The highest BCUT2D eigenvalue weighted by Crippen LogP contribution is 2.53. The summed E-state index contributed by atoms with van der Waals surface area (Å²) in [6.45, 7) is 9.41. The van der Waals surface area contributed by atoms with E-state index in [-0.39, 0.29) is 10.8 Å². The molecule has 0 fully saturated rings. The average Bonchev–Trinajstić information content (AvgIpc) is 3.66. The van der Waals surface area contributed by atoms with Gasteiger partial charge in [-0.25, -0.2) is 0 Å². The van der Waals surface area contributed by atoms with E-state index in [2.05, 4.69) is 232 Å². The van der Waals surface area contributed by atoms with Crippen molar-refractivity contribution in [3.8, 4) is 33.4 Å². The van der Waals surface area contributed by atoms with Gasteiger partial charge in [0.25, 0.3) is 0 Å². The summed E-state index contributed by atoms with van der Waals surface area (Å²) in [6.07, 6.45) is 1.04. The molecule has 2 nitrogen and oxygen atoms in total. The van der Waals surface area contributed by atoms with Crippen molar-refractivity contribution in [1.29, 1.82) is 0 Å². The number of anilines is 6. The summed E-state index contributed by atoms with van der Waals surface area (Å²) in [5, 5.41) is 0. The molecular formula is C55H46N2. The topological polar surface area (TPSA) is 6.48 Å². The van der Waals surface area contributed by atoms with Crippen molar-refractivity contribution in [3.05, 3.63) is 216 Å². The highest BCUT2D eigenvalue weighted by molar-refractivity contribution is 5.88. The fourth-order valence-corrected chi connectivity index (χ4v) is 9.57. The van der Waals surface area contributed by atoms with E-state index in [0.717, 1.165) is 34.9 Å². The van der Waals surface area contributed by atoms with E-state index in [0.29, 0.717) is 0 Å². The van der Waals surface area contributed by atoms with E-state index in [1.165, 1.54) is 61.3 Å². The molecule has 0 N–H and O–H groups in total. The lowest BCUT2D eigenvalue weighted by molar-refractivity contribution is 0.564. The highest BCUT2D eigenvalue weighted by Gasteiger charge is 2.38. The van der Waals surface area contributed by atoms with Crippen molar-refractivity contribution in [2.75, 3.05) is 9.80 Å². The van der Waals surface area contributed by atoms with Crippen LogP contribution in [0.4, 0.5) is 34.1 Å². The molecule has 0 aromatic heterocycles. The molecular weight excluding hydrogens is 689 g/mol. The molecule has 1 unspecified atom stereocenters. The lowest BCUT2D eigenvalue weighted by Crippen LogP contribution is -2.20. The summed E-state index contributed by atoms with van der Waals surface area (Å²) in [5.41, 5.74) is 20.1. The first kappa shape index (κ1) is 34.8. The Morgan fingerprint density at radius 3 is 1.21 bits per heavy atom. The zero-order chi connectivity index (χ0) is 38.7. The predicted octanol–water partition coefficient (Wildman–Crippen LogP) is 15.3. The van der Waals surface area contributed by atoms with Gasteiger partial charge in [-0.2, -0.15) is 0 Å². The zero-order valence-corrected chi connectivity index (χ0v) is 33.1. The monoisotopic (exact) mass is 734 g/mol. The summed E-state index contributed by atoms with van der Waals surface area (Å²) in [5.74, 6) is 0. The molecule has 10 rings (SSSR count). The third kappa shape index (κ3) is 5.62. The van der Waals surface area contributed by atoms with Crippen LogP contribution in [-0.2, 0) is 10.8 Å². The van der Waals surface area contributed by atoms with Crippen molar-refractivity contribution in [2.24, 2.45) is 0 Å². The lowest BCUT2D eigenvalue weighted by atomic mass is 9.78. The second-order valence-electron chi connectivity index (χ2n) is 16.3. The van der Waals surface area contributed by atoms with Crippen LogP contribution in [0, 0.1) is 0 Å². The van der Waals surface area contributed by atoms with Crippen molar-refractivity contribution >= 4 is 34.1 Å². The molecule has 2 aliphatic rings. The molecule has 276 valence electrons. The number of para-hydroxylation sites is 2. The Hall–Kier alpha value is -6.64. The molecule has 0 saturated carbocycles. The second kappa shape index (κ2) is 13.5. The van der Waals surface area contributed by atoms with Gasteiger partial charge >= 0.3 is 0 Å². The summed E-state index contributed by atoms with van der Waals surface area (Å²) in [4.78, 5) is 4.77. The molecule has 0 saturated heterocycles. The third-order valence-electron chi connectivity index (χ3n) is 12.8. The largest absolute Gasteiger partial charge is 0.310 e. The molecule has 0 amide bonds. The molecule has 0 radical (unpaired) electrons. The van der Waals surface area contributed by atoms with Gasteiger partial charge in [-0.05, 0) is 135 Å². The van der Waals surface area contributed by atoms with Crippen molar-refractivity contribution in [3.63, 3.8) is 0 Å². The Labute approximate surface area is 337 Å². The van der Waals surface area contributed by atoms with Gasteiger partial charge in [0.05, 0.1) is 0 Å². The van der Waals surface area contributed by atoms with Crippen LogP contribution in [0.15, 0.2) is 194 Å². The SMILES string of the molecule is CCC1(C)c2ccccc2-c2ccc(N(c3ccccc3)c3ccc(-c4ccc(N(c5ccccc5)c5ccc6c(c5)C(C)(C)c5ccccc5-6)cc4)cc3)cc21. The van der Waals surface area contributed by atoms with Crippen LogP contribution >= 0.6 is 0 Å². The van der Waals surface area contributed by atoms with Crippen LogP contribution in [-0.4, -0.2) is 0 Å². The first-order valence-electron chi connectivity index (χ1n) is 20.2. The van der Waals surface area contributed by atoms with E-state index < -0.39 is 0 Å². The van der Waals surface area contributed by atoms with E-state index in [1.807, 2.05) is 0 Å². The molecule has 0 bridgehead atoms. The minimum absolute atomic E-state index is 0.0284. The van der Waals surface area contributed by atoms with E-state index in [4.69, 9.17) is 0 Å². The molecule has 0 aliphatic heterocycles. The maximum atomic E-state index is 2.43. The van der Waals surface area contributed by atoms with Gasteiger partial charge in [-0.3, -0.25) is 0 Å². The Bertz CT molecular complexity index is 2750. The quantitative estimate of drug-likeness (QED) is 0.153. The molecule has 2 heteroatoms. The average molecular weight is 735 g/mol. The normalized spacial score (nSPS) is 15.6.